The van der Waals surface area contributed by atoms with Gasteiger partial charge >= 0.3 is 6.09 Å². The summed E-state index contributed by atoms with van der Waals surface area (Å²) in [5.74, 6) is -1.16. The first-order valence-electron chi connectivity index (χ1n) is 11.0. The van der Waals surface area contributed by atoms with Crippen molar-refractivity contribution < 1.29 is 29.3 Å². The normalized spacial score (nSPS) is 13.6. The number of benzene rings is 1. The zero-order valence-corrected chi connectivity index (χ0v) is 21.0. The summed E-state index contributed by atoms with van der Waals surface area (Å²) < 4.78 is 5.19. The number of rotatable bonds is 8. The lowest BCUT2D eigenvalue weighted by Crippen LogP contribution is -2.56. The summed E-state index contributed by atoms with van der Waals surface area (Å²) in [4.78, 5) is 40.2. The first kappa shape index (κ1) is 28.4. The number of nitrogens with one attached hydrogen (secondary N) is 2. The van der Waals surface area contributed by atoms with Crippen molar-refractivity contribution in [3.63, 3.8) is 0 Å². The van der Waals surface area contributed by atoms with Crippen LogP contribution >= 0.6 is 0 Å². The lowest BCUT2D eigenvalue weighted by molar-refractivity contribution is -0.144. The molecule has 0 aliphatic carbocycles. The Labute approximate surface area is 196 Å². The minimum Gasteiger partial charge on any atom is -0.444 e. The second-order valence-corrected chi connectivity index (χ2v) is 10.2. The van der Waals surface area contributed by atoms with Crippen molar-refractivity contribution in [3.05, 3.63) is 34.9 Å². The van der Waals surface area contributed by atoms with Gasteiger partial charge in [0, 0.05) is 12.1 Å². The monoisotopic (exact) mass is 465 g/mol. The maximum Gasteiger partial charge on any atom is 0.408 e. The van der Waals surface area contributed by atoms with Gasteiger partial charge in [-0.15, -0.1) is 0 Å². The van der Waals surface area contributed by atoms with Gasteiger partial charge in [0.2, 0.25) is 11.8 Å². The number of hydrogen-bond donors (Lipinski definition) is 4. The van der Waals surface area contributed by atoms with Crippen LogP contribution in [-0.2, 0) is 14.3 Å². The van der Waals surface area contributed by atoms with Crippen molar-refractivity contribution in [3.8, 4) is 0 Å². The molecule has 0 aliphatic heterocycles. The lowest BCUT2D eigenvalue weighted by Gasteiger charge is -2.35. The zero-order valence-electron chi connectivity index (χ0n) is 21.0. The number of carbonyl (C=O) groups is 3. The summed E-state index contributed by atoms with van der Waals surface area (Å²) in [7, 11) is 0. The molecule has 0 saturated carbocycles. The first-order chi connectivity index (χ1) is 15.1. The Morgan fingerprint density at radius 1 is 1.00 bits per heavy atom. The summed E-state index contributed by atoms with van der Waals surface area (Å²) >= 11 is 0. The van der Waals surface area contributed by atoms with Gasteiger partial charge in [-0.05, 0) is 61.0 Å². The van der Waals surface area contributed by atoms with Crippen LogP contribution in [0.2, 0.25) is 0 Å². The average molecular weight is 466 g/mol. The fourth-order valence-electron chi connectivity index (χ4n) is 3.39. The van der Waals surface area contributed by atoms with Crippen molar-refractivity contribution in [2.24, 2.45) is 0 Å². The number of nitrogens with zero attached hydrogens (tertiary/aromatic N) is 1. The number of carbonyl (C=O) groups excluding carboxylic acids is 3. The fourth-order valence-corrected chi connectivity index (χ4v) is 3.39. The van der Waals surface area contributed by atoms with E-state index in [0.29, 0.717) is 5.56 Å². The summed E-state index contributed by atoms with van der Waals surface area (Å²) in [5.41, 5.74) is 0.991. The van der Waals surface area contributed by atoms with Gasteiger partial charge in [0.1, 0.15) is 17.7 Å². The molecule has 1 aromatic carbocycles. The van der Waals surface area contributed by atoms with Gasteiger partial charge in [-0.25, -0.2) is 4.79 Å². The molecule has 0 aromatic heterocycles. The smallest absolute Gasteiger partial charge is 0.408 e. The van der Waals surface area contributed by atoms with E-state index >= 15 is 0 Å². The third-order valence-electron chi connectivity index (χ3n) is 4.41. The Morgan fingerprint density at radius 2 is 1.55 bits per heavy atom. The van der Waals surface area contributed by atoms with Crippen LogP contribution in [0.4, 0.5) is 4.79 Å². The summed E-state index contributed by atoms with van der Waals surface area (Å²) in [5, 5.41) is 24.8. The van der Waals surface area contributed by atoms with Gasteiger partial charge in [-0.3, -0.25) is 9.59 Å². The number of aliphatic hydroxyl groups excluding tert-OH is 2. The molecule has 186 valence electrons. The van der Waals surface area contributed by atoms with Crippen LogP contribution in [-0.4, -0.2) is 70.0 Å². The highest BCUT2D eigenvalue weighted by Gasteiger charge is 2.37. The van der Waals surface area contributed by atoms with E-state index in [2.05, 4.69) is 10.6 Å². The summed E-state index contributed by atoms with van der Waals surface area (Å²) in [6, 6.07) is 3.10. The van der Waals surface area contributed by atoms with Crippen LogP contribution in [0.5, 0.6) is 0 Å². The highest BCUT2D eigenvalue weighted by atomic mass is 16.6. The maximum atomic E-state index is 13.4. The molecule has 1 aromatic rings. The van der Waals surface area contributed by atoms with Gasteiger partial charge < -0.3 is 30.5 Å². The number of aliphatic hydroxyl groups is 2. The van der Waals surface area contributed by atoms with Gasteiger partial charge in [0.05, 0.1) is 13.2 Å². The fraction of sp³-hybridized carbons (Fsp3) is 0.625. The molecular weight excluding hydrogens is 426 g/mol. The van der Waals surface area contributed by atoms with E-state index < -0.39 is 54.3 Å². The number of amides is 3. The van der Waals surface area contributed by atoms with E-state index in [-0.39, 0.29) is 6.54 Å². The molecule has 0 radical (unpaired) electrons. The number of hydrogen-bond acceptors (Lipinski definition) is 6. The largest absolute Gasteiger partial charge is 0.444 e. The maximum absolute atomic E-state index is 13.4. The van der Waals surface area contributed by atoms with Crippen LogP contribution in [0.3, 0.4) is 0 Å². The predicted molar refractivity (Wildman–Crippen MR) is 126 cm³/mol. The quantitative estimate of drug-likeness (QED) is 0.465. The molecule has 0 aliphatic rings. The van der Waals surface area contributed by atoms with E-state index in [1.165, 1.54) is 4.90 Å². The molecule has 3 amide bonds. The van der Waals surface area contributed by atoms with Crippen molar-refractivity contribution in [2.75, 3.05) is 19.8 Å². The molecule has 2 unspecified atom stereocenters. The summed E-state index contributed by atoms with van der Waals surface area (Å²) in [6.07, 6.45) is -0.874. The van der Waals surface area contributed by atoms with Crippen LogP contribution in [0, 0.1) is 13.8 Å². The van der Waals surface area contributed by atoms with E-state index in [1.807, 2.05) is 40.7 Å². The minimum absolute atomic E-state index is 0.180. The molecule has 0 saturated heterocycles. The van der Waals surface area contributed by atoms with Crippen molar-refractivity contribution in [2.45, 2.75) is 78.6 Å². The Morgan fingerprint density at radius 3 is 1.97 bits per heavy atom. The SMILES string of the molecule is Cc1cc(C)cc(C(C(=O)NC(C)(C)C)N(CCO)C(=O)C(CO)NC(=O)OC(C)(C)C)c1. The number of ether oxygens (including phenoxy) is 1. The van der Waals surface area contributed by atoms with E-state index in [9.17, 15) is 24.6 Å². The lowest BCUT2D eigenvalue weighted by atomic mass is 9.97. The van der Waals surface area contributed by atoms with Gasteiger partial charge in [0.15, 0.2) is 0 Å². The van der Waals surface area contributed by atoms with E-state index in [1.54, 1.807) is 32.9 Å². The Bertz CT molecular complexity index is 821. The topological polar surface area (TPSA) is 128 Å². The third kappa shape index (κ3) is 9.39. The van der Waals surface area contributed by atoms with Crippen LogP contribution in [0.25, 0.3) is 0 Å². The first-order valence-corrected chi connectivity index (χ1v) is 11.0. The Balaban J connectivity index is 3.42. The van der Waals surface area contributed by atoms with Crippen LogP contribution in [0.15, 0.2) is 18.2 Å². The molecule has 0 heterocycles. The second-order valence-electron chi connectivity index (χ2n) is 10.2. The van der Waals surface area contributed by atoms with E-state index in [0.717, 1.165) is 11.1 Å². The highest BCUT2D eigenvalue weighted by Crippen LogP contribution is 2.25. The number of alkyl carbamates (subject to hydrolysis) is 1. The predicted octanol–water partition coefficient (Wildman–Crippen LogP) is 1.97. The molecule has 0 spiro atoms. The van der Waals surface area contributed by atoms with Crippen molar-refractivity contribution in [1.29, 1.82) is 0 Å². The molecule has 0 fully saturated rings. The number of aryl methyl sites for hydroxylation is 2. The molecular formula is C24H39N3O6. The molecule has 4 N–H and O–H groups in total. The Hall–Kier alpha value is -2.65. The standard InChI is InChI=1S/C24H39N3O6/c1-15-11-16(2)13-17(12-15)19(20(30)26-23(3,4)5)27(9-10-28)21(31)18(14-29)25-22(32)33-24(6,7)8/h11-13,18-19,28-29H,9-10,14H2,1-8H3,(H,25,32)(H,26,30). The minimum atomic E-state index is -1.36. The highest BCUT2D eigenvalue weighted by molar-refractivity contribution is 5.92. The van der Waals surface area contributed by atoms with Crippen molar-refractivity contribution in [1.82, 2.24) is 15.5 Å². The van der Waals surface area contributed by atoms with Gasteiger partial charge in [-0.2, -0.15) is 0 Å². The Kier molecular flexibility index (Phi) is 9.87. The van der Waals surface area contributed by atoms with Crippen molar-refractivity contribution >= 4 is 17.9 Å². The zero-order chi connectivity index (χ0) is 25.6. The second kappa shape index (κ2) is 11.5. The third-order valence-corrected chi connectivity index (χ3v) is 4.41. The molecule has 9 heteroatoms. The van der Waals surface area contributed by atoms with Gasteiger partial charge in [-0.1, -0.05) is 29.3 Å². The molecule has 33 heavy (non-hydrogen) atoms. The van der Waals surface area contributed by atoms with E-state index in [4.69, 9.17) is 4.74 Å². The average Bonchev–Trinajstić information content (AvgIpc) is 2.61. The molecule has 2 atom stereocenters. The molecule has 0 bridgehead atoms. The van der Waals surface area contributed by atoms with Crippen LogP contribution < -0.4 is 10.6 Å². The summed E-state index contributed by atoms with van der Waals surface area (Å²) in [6.45, 7) is 12.9. The molecule has 9 nitrogen and oxygen atoms in total. The molecule has 1 rings (SSSR count). The van der Waals surface area contributed by atoms with Gasteiger partial charge in [0.25, 0.3) is 0 Å². The van der Waals surface area contributed by atoms with Crippen LogP contribution in [0.1, 0.15) is 64.3 Å².